The number of carboxylic acids is 1. The number of carbonyl (C=O) groups is 1. The molecule has 0 unspecified atom stereocenters. The van der Waals surface area contributed by atoms with Crippen LogP contribution in [0, 0.1) is 0 Å². The Morgan fingerprint density at radius 3 is 2.38 bits per heavy atom. The van der Waals surface area contributed by atoms with Gasteiger partial charge in [0.05, 0.1) is 5.56 Å². The lowest BCUT2D eigenvalue weighted by Crippen LogP contribution is -2.15. The molecule has 108 valence electrons. The molecule has 3 nitrogen and oxygen atoms in total. The van der Waals surface area contributed by atoms with Crippen LogP contribution in [-0.2, 0) is 26.1 Å². The van der Waals surface area contributed by atoms with Gasteiger partial charge in [-0.25, -0.2) is 4.79 Å². The summed E-state index contributed by atoms with van der Waals surface area (Å²) < 4.78 is 0. The van der Waals surface area contributed by atoms with Gasteiger partial charge < -0.3 is 5.11 Å². The van der Waals surface area contributed by atoms with Crippen molar-refractivity contribution in [1.82, 2.24) is 4.90 Å². The van der Waals surface area contributed by atoms with Crippen molar-refractivity contribution in [1.29, 1.82) is 0 Å². The van der Waals surface area contributed by atoms with Crippen LogP contribution < -0.4 is 0 Å². The summed E-state index contributed by atoms with van der Waals surface area (Å²) in [6.45, 7) is 4.78. The van der Waals surface area contributed by atoms with Crippen molar-refractivity contribution in [3.05, 3.63) is 70.3 Å². The maximum absolute atomic E-state index is 11.0. The summed E-state index contributed by atoms with van der Waals surface area (Å²) in [5.41, 5.74) is 5.42. The normalized spacial score (nSPS) is 14.1. The number of nitrogens with zero attached hydrogens (tertiary/aromatic N) is 1. The lowest BCUT2D eigenvalue weighted by atomic mass is 10.1. The second-order valence-corrected chi connectivity index (χ2v) is 5.60. The molecule has 0 saturated carbocycles. The molecule has 3 rings (SSSR count). The molecular weight excluding hydrogens is 262 g/mol. The van der Waals surface area contributed by atoms with Gasteiger partial charge in [0.1, 0.15) is 0 Å². The van der Waals surface area contributed by atoms with Gasteiger partial charge in [0, 0.05) is 19.6 Å². The Balaban J connectivity index is 1.70. The lowest BCUT2D eigenvalue weighted by Gasteiger charge is -2.15. The van der Waals surface area contributed by atoms with E-state index in [2.05, 4.69) is 36.1 Å². The summed E-state index contributed by atoms with van der Waals surface area (Å²) in [5, 5.41) is 9.05. The fraction of sp³-hybridized carbons (Fsp3) is 0.278. The fourth-order valence-corrected chi connectivity index (χ4v) is 2.85. The average Bonchev–Trinajstić information content (AvgIpc) is 2.89. The molecule has 1 N–H and O–H groups in total. The van der Waals surface area contributed by atoms with E-state index in [9.17, 15) is 4.79 Å². The van der Waals surface area contributed by atoms with Crippen molar-refractivity contribution < 1.29 is 9.90 Å². The molecule has 1 aliphatic rings. The highest BCUT2D eigenvalue weighted by atomic mass is 16.4. The van der Waals surface area contributed by atoms with E-state index in [-0.39, 0.29) is 0 Å². The molecule has 0 atom stereocenters. The van der Waals surface area contributed by atoms with E-state index in [0.717, 1.165) is 31.6 Å². The molecule has 21 heavy (non-hydrogen) atoms. The van der Waals surface area contributed by atoms with E-state index >= 15 is 0 Å². The van der Waals surface area contributed by atoms with Crippen LogP contribution in [0.5, 0.6) is 0 Å². The first kappa shape index (κ1) is 13.8. The van der Waals surface area contributed by atoms with Crippen LogP contribution >= 0.6 is 0 Å². The van der Waals surface area contributed by atoms with E-state index in [1.807, 2.05) is 6.07 Å². The minimum Gasteiger partial charge on any atom is -0.478 e. The number of hydrogen-bond acceptors (Lipinski definition) is 2. The number of aryl methyl sites for hydroxylation is 1. The van der Waals surface area contributed by atoms with Gasteiger partial charge in [-0.05, 0) is 40.8 Å². The smallest absolute Gasteiger partial charge is 0.335 e. The zero-order valence-electron chi connectivity index (χ0n) is 12.2. The van der Waals surface area contributed by atoms with Crippen LogP contribution in [0.25, 0.3) is 0 Å². The zero-order valence-corrected chi connectivity index (χ0v) is 12.2. The topological polar surface area (TPSA) is 40.5 Å². The number of fused-ring (bicyclic) bond motifs is 1. The predicted octanol–water partition coefficient (Wildman–Crippen LogP) is 3.46. The molecule has 0 bridgehead atoms. The van der Waals surface area contributed by atoms with E-state index in [1.54, 1.807) is 12.1 Å². The van der Waals surface area contributed by atoms with Crippen molar-refractivity contribution >= 4 is 5.97 Å². The Morgan fingerprint density at radius 1 is 1.05 bits per heavy atom. The molecule has 1 heterocycles. The molecule has 0 spiro atoms. The molecule has 1 aliphatic heterocycles. The molecule has 2 aromatic rings. The van der Waals surface area contributed by atoms with Crippen LogP contribution in [-0.4, -0.2) is 16.0 Å². The Labute approximate surface area is 124 Å². The molecule has 0 amide bonds. The minimum atomic E-state index is -0.855. The second kappa shape index (κ2) is 5.70. The molecule has 0 fully saturated rings. The van der Waals surface area contributed by atoms with Crippen molar-refractivity contribution in [2.24, 2.45) is 0 Å². The Kier molecular flexibility index (Phi) is 3.76. The van der Waals surface area contributed by atoms with Crippen molar-refractivity contribution in [2.75, 3.05) is 0 Å². The maximum atomic E-state index is 11.0. The molecule has 0 saturated heterocycles. The number of aromatic carboxylic acids is 1. The SMILES string of the molecule is CCc1ccc(CN2Cc3ccc(C(=O)O)cc3C2)cc1. The highest BCUT2D eigenvalue weighted by molar-refractivity contribution is 5.87. The van der Waals surface area contributed by atoms with Crippen LogP contribution in [0.2, 0.25) is 0 Å². The third-order valence-electron chi connectivity index (χ3n) is 4.08. The number of carboxylic acid groups (broad SMARTS) is 1. The largest absolute Gasteiger partial charge is 0.478 e. The molecule has 0 radical (unpaired) electrons. The monoisotopic (exact) mass is 281 g/mol. The van der Waals surface area contributed by atoms with E-state index < -0.39 is 5.97 Å². The highest BCUT2D eigenvalue weighted by Crippen LogP contribution is 2.25. The second-order valence-electron chi connectivity index (χ2n) is 5.60. The van der Waals surface area contributed by atoms with Gasteiger partial charge in [0.15, 0.2) is 0 Å². The van der Waals surface area contributed by atoms with Crippen LogP contribution in [0.3, 0.4) is 0 Å². The van der Waals surface area contributed by atoms with Gasteiger partial charge in [0.2, 0.25) is 0 Å². The van der Waals surface area contributed by atoms with Gasteiger partial charge in [-0.15, -0.1) is 0 Å². The summed E-state index contributed by atoms with van der Waals surface area (Å²) in [5.74, 6) is -0.855. The lowest BCUT2D eigenvalue weighted by molar-refractivity contribution is 0.0696. The van der Waals surface area contributed by atoms with Crippen LogP contribution in [0.15, 0.2) is 42.5 Å². The quantitative estimate of drug-likeness (QED) is 0.933. The average molecular weight is 281 g/mol. The van der Waals surface area contributed by atoms with E-state index in [4.69, 9.17) is 5.11 Å². The summed E-state index contributed by atoms with van der Waals surface area (Å²) in [6.07, 6.45) is 1.06. The van der Waals surface area contributed by atoms with Crippen molar-refractivity contribution in [3.8, 4) is 0 Å². The maximum Gasteiger partial charge on any atom is 0.335 e. The Bertz CT molecular complexity index is 661. The third kappa shape index (κ3) is 2.98. The molecular formula is C18H19NO2. The van der Waals surface area contributed by atoms with Crippen LogP contribution in [0.1, 0.15) is 39.5 Å². The standard InChI is InChI=1S/C18H19NO2/c1-2-13-3-5-14(6-4-13)10-19-11-16-8-7-15(18(20)21)9-17(16)12-19/h3-9H,2,10-12H2,1H3,(H,20,21). The summed E-state index contributed by atoms with van der Waals surface area (Å²) in [4.78, 5) is 13.4. The number of benzene rings is 2. The molecule has 2 aromatic carbocycles. The van der Waals surface area contributed by atoms with Crippen molar-refractivity contribution in [3.63, 3.8) is 0 Å². The third-order valence-corrected chi connectivity index (χ3v) is 4.08. The summed E-state index contributed by atoms with van der Waals surface area (Å²) in [7, 11) is 0. The van der Waals surface area contributed by atoms with E-state index in [1.165, 1.54) is 16.7 Å². The summed E-state index contributed by atoms with van der Waals surface area (Å²) >= 11 is 0. The van der Waals surface area contributed by atoms with E-state index in [0.29, 0.717) is 5.56 Å². The Hall–Kier alpha value is -2.13. The summed E-state index contributed by atoms with van der Waals surface area (Å²) in [6, 6.07) is 14.2. The van der Waals surface area contributed by atoms with Crippen LogP contribution in [0.4, 0.5) is 0 Å². The highest BCUT2D eigenvalue weighted by Gasteiger charge is 2.20. The van der Waals surface area contributed by atoms with Gasteiger partial charge in [-0.3, -0.25) is 4.90 Å². The van der Waals surface area contributed by atoms with Crippen molar-refractivity contribution in [2.45, 2.75) is 33.0 Å². The first-order valence-corrected chi connectivity index (χ1v) is 7.31. The first-order chi connectivity index (χ1) is 10.2. The molecule has 0 aliphatic carbocycles. The minimum absolute atomic E-state index is 0.378. The first-order valence-electron chi connectivity index (χ1n) is 7.31. The Morgan fingerprint density at radius 2 is 1.71 bits per heavy atom. The number of hydrogen-bond donors (Lipinski definition) is 1. The van der Waals surface area contributed by atoms with Gasteiger partial charge in [-0.1, -0.05) is 37.3 Å². The fourth-order valence-electron chi connectivity index (χ4n) is 2.85. The van der Waals surface area contributed by atoms with Gasteiger partial charge >= 0.3 is 5.97 Å². The molecule has 3 heteroatoms. The number of rotatable bonds is 4. The zero-order chi connectivity index (χ0) is 14.8. The predicted molar refractivity (Wildman–Crippen MR) is 82.2 cm³/mol. The van der Waals surface area contributed by atoms with Gasteiger partial charge in [-0.2, -0.15) is 0 Å². The molecule has 0 aromatic heterocycles. The van der Waals surface area contributed by atoms with Gasteiger partial charge in [0.25, 0.3) is 0 Å².